The summed E-state index contributed by atoms with van der Waals surface area (Å²) in [6, 6.07) is 1.08. The van der Waals surface area contributed by atoms with Gasteiger partial charge in [0, 0.05) is 31.5 Å². The van der Waals surface area contributed by atoms with Gasteiger partial charge >= 0.3 is 0 Å². The second-order valence-electron chi connectivity index (χ2n) is 4.48. The summed E-state index contributed by atoms with van der Waals surface area (Å²) in [7, 11) is 0. The van der Waals surface area contributed by atoms with Crippen molar-refractivity contribution in [2.75, 3.05) is 13.2 Å². The fourth-order valence-electron chi connectivity index (χ4n) is 2.57. The summed E-state index contributed by atoms with van der Waals surface area (Å²) in [6.07, 6.45) is 6.30. The Labute approximate surface area is 85.1 Å². The molecular weight excluding hydrogens is 178 g/mol. The zero-order valence-corrected chi connectivity index (χ0v) is 8.61. The first-order chi connectivity index (χ1) is 6.81. The maximum Gasteiger partial charge on any atom is 0.134 e. The topological polar surface area (TPSA) is 40.5 Å². The molecule has 0 bridgehead atoms. The molecule has 0 aliphatic heterocycles. The zero-order chi connectivity index (χ0) is 9.97. The summed E-state index contributed by atoms with van der Waals surface area (Å²) in [5.74, 6) is 0.400. The van der Waals surface area contributed by atoms with E-state index in [4.69, 9.17) is 5.11 Å². The first kappa shape index (κ1) is 10.1. The van der Waals surface area contributed by atoms with Gasteiger partial charge in [-0.1, -0.05) is 6.42 Å². The largest absolute Gasteiger partial charge is 0.395 e. The van der Waals surface area contributed by atoms with Crippen LogP contribution in [0.5, 0.6) is 0 Å². The smallest absolute Gasteiger partial charge is 0.134 e. The van der Waals surface area contributed by atoms with Crippen molar-refractivity contribution in [2.45, 2.75) is 50.6 Å². The standard InChI is InChI=1S/C11H19NO2/c13-7-6-12(9-2-1-3-9)10-4-5-11(14)8-10/h9-10,13H,1-8H2. The number of rotatable bonds is 4. The molecule has 0 spiro atoms. The number of nitrogens with zero attached hydrogens (tertiary/aromatic N) is 1. The maximum absolute atomic E-state index is 11.2. The summed E-state index contributed by atoms with van der Waals surface area (Å²) in [5, 5.41) is 9.00. The Morgan fingerprint density at radius 3 is 2.50 bits per heavy atom. The number of hydrogen-bond donors (Lipinski definition) is 1. The van der Waals surface area contributed by atoms with E-state index in [0.717, 1.165) is 25.8 Å². The van der Waals surface area contributed by atoms with Crippen LogP contribution in [-0.2, 0) is 4.79 Å². The lowest BCUT2D eigenvalue weighted by molar-refractivity contribution is -0.117. The molecule has 0 amide bonds. The van der Waals surface area contributed by atoms with Crippen LogP contribution in [0.1, 0.15) is 38.5 Å². The molecule has 2 fully saturated rings. The molecule has 2 aliphatic rings. The van der Waals surface area contributed by atoms with Crippen LogP contribution in [0.15, 0.2) is 0 Å². The third-order valence-corrected chi connectivity index (χ3v) is 3.59. The molecule has 0 heterocycles. The van der Waals surface area contributed by atoms with Gasteiger partial charge in [0.05, 0.1) is 6.61 Å². The van der Waals surface area contributed by atoms with Crippen molar-refractivity contribution < 1.29 is 9.90 Å². The normalized spacial score (nSPS) is 28.4. The Bertz CT molecular complexity index is 213. The van der Waals surface area contributed by atoms with E-state index in [1.54, 1.807) is 0 Å². The van der Waals surface area contributed by atoms with E-state index in [-0.39, 0.29) is 6.61 Å². The third-order valence-electron chi connectivity index (χ3n) is 3.59. The molecule has 1 N–H and O–H groups in total. The van der Waals surface area contributed by atoms with Gasteiger partial charge in [0.1, 0.15) is 5.78 Å². The minimum absolute atomic E-state index is 0.223. The highest BCUT2D eigenvalue weighted by atomic mass is 16.3. The molecule has 80 valence electrons. The van der Waals surface area contributed by atoms with Crippen LogP contribution in [0.3, 0.4) is 0 Å². The van der Waals surface area contributed by atoms with Crippen LogP contribution >= 0.6 is 0 Å². The van der Waals surface area contributed by atoms with E-state index < -0.39 is 0 Å². The monoisotopic (exact) mass is 197 g/mol. The number of aliphatic hydroxyl groups excluding tert-OH is 1. The Morgan fingerprint density at radius 2 is 2.07 bits per heavy atom. The molecule has 1 atom stereocenters. The third kappa shape index (κ3) is 1.98. The number of carbonyl (C=O) groups is 1. The highest BCUT2D eigenvalue weighted by Crippen LogP contribution is 2.31. The lowest BCUT2D eigenvalue weighted by atomic mass is 9.90. The molecule has 1 unspecified atom stereocenters. The molecule has 0 radical (unpaired) electrons. The van der Waals surface area contributed by atoms with E-state index >= 15 is 0 Å². The molecule has 2 aliphatic carbocycles. The van der Waals surface area contributed by atoms with Crippen LogP contribution < -0.4 is 0 Å². The van der Waals surface area contributed by atoms with E-state index in [1.807, 2.05) is 0 Å². The van der Waals surface area contributed by atoms with Crippen molar-refractivity contribution in [3.05, 3.63) is 0 Å². The van der Waals surface area contributed by atoms with Crippen molar-refractivity contribution in [3.8, 4) is 0 Å². The van der Waals surface area contributed by atoms with Crippen molar-refractivity contribution >= 4 is 5.78 Å². The maximum atomic E-state index is 11.2. The Morgan fingerprint density at radius 1 is 1.29 bits per heavy atom. The van der Waals surface area contributed by atoms with E-state index in [2.05, 4.69) is 4.90 Å². The van der Waals surface area contributed by atoms with Gasteiger partial charge in [0.2, 0.25) is 0 Å². The first-order valence-electron chi connectivity index (χ1n) is 5.69. The van der Waals surface area contributed by atoms with Crippen LogP contribution in [0, 0.1) is 0 Å². The van der Waals surface area contributed by atoms with Gasteiger partial charge in [-0.15, -0.1) is 0 Å². The molecule has 0 aromatic rings. The number of carbonyl (C=O) groups excluding carboxylic acids is 1. The number of ketones is 1. The van der Waals surface area contributed by atoms with Gasteiger partial charge in [0.15, 0.2) is 0 Å². The van der Waals surface area contributed by atoms with Crippen molar-refractivity contribution in [3.63, 3.8) is 0 Å². The van der Waals surface area contributed by atoms with Crippen LogP contribution in [-0.4, -0.2) is 41.0 Å². The van der Waals surface area contributed by atoms with E-state index in [1.165, 1.54) is 19.3 Å². The zero-order valence-electron chi connectivity index (χ0n) is 8.61. The first-order valence-corrected chi connectivity index (χ1v) is 5.69. The molecular formula is C11H19NO2. The summed E-state index contributed by atoms with van der Waals surface area (Å²) < 4.78 is 0. The van der Waals surface area contributed by atoms with Gasteiger partial charge in [-0.05, 0) is 19.3 Å². The van der Waals surface area contributed by atoms with Crippen LogP contribution in [0.2, 0.25) is 0 Å². The molecule has 0 aromatic carbocycles. The molecule has 0 aromatic heterocycles. The average molecular weight is 197 g/mol. The predicted octanol–water partition coefficient (Wildman–Crippen LogP) is 0.955. The fourth-order valence-corrected chi connectivity index (χ4v) is 2.57. The lowest BCUT2D eigenvalue weighted by Crippen LogP contribution is -2.47. The molecule has 14 heavy (non-hydrogen) atoms. The summed E-state index contributed by atoms with van der Waals surface area (Å²) in [6.45, 7) is 0.976. The van der Waals surface area contributed by atoms with Crippen molar-refractivity contribution in [1.29, 1.82) is 0 Å². The number of aliphatic hydroxyl groups is 1. The molecule has 3 heteroatoms. The summed E-state index contributed by atoms with van der Waals surface area (Å²) >= 11 is 0. The lowest BCUT2D eigenvalue weighted by Gasteiger charge is -2.40. The second-order valence-corrected chi connectivity index (χ2v) is 4.48. The number of Topliss-reactive ketones (excluding diaryl/α,β-unsaturated/α-hetero) is 1. The molecule has 0 saturated heterocycles. The van der Waals surface area contributed by atoms with E-state index in [0.29, 0.717) is 17.9 Å². The highest BCUT2D eigenvalue weighted by molar-refractivity contribution is 5.81. The van der Waals surface area contributed by atoms with Crippen LogP contribution in [0.25, 0.3) is 0 Å². The Kier molecular flexibility index (Phi) is 3.19. The highest BCUT2D eigenvalue weighted by Gasteiger charge is 2.34. The summed E-state index contributed by atoms with van der Waals surface area (Å²) in [5.41, 5.74) is 0. The Balaban J connectivity index is 1.91. The van der Waals surface area contributed by atoms with Gasteiger partial charge in [-0.2, -0.15) is 0 Å². The second kappa shape index (κ2) is 4.41. The molecule has 3 nitrogen and oxygen atoms in total. The van der Waals surface area contributed by atoms with Crippen molar-refractivity contribution in [1.82, 2.24) is 4.90 Å². The summed E-state index contributed by atoms with van der Waals surface area (Å²) in [4.78, 5) is 13.6. The SMILES string of the molecule is O=C1CCC(N(CCO)C2CCC2)C1. The van der Waals surface area contributed by atoms with Gasteiger partial charge in [-0.3, -0.25) is 9.69 Å². The Hall–Kier alpha value is -0.410. The van der Waals surface area contributed by atoms with E-state index in [9.17, 15) is 4.79 Å². The average Bonchev–Trinajstić information content (AvgIpc) is 2.48. The van der Waals surface area contributed by atoms with Crippen molar-refractivity contribution in [2.24, 2.45) is 0 Å². The van der Waals surface area contributed by atoms with Gasteiger partial charge in [-0.25, -0.2) is 0 Å². The molecule has 2 saturated carbocycles. The number of hydrogen-bond acceptors (Lipinski definition) is 3. The predicted molar refractivity (Wildman–Crippen MR) is 54.1 cm³/mol. The fraction of sp³-hybridized carbons (Fsp3) is 0.909. The van der Waals surface area contributed by atoms with Gasteiger partial charge < -0.3 is 5.11 Å². The van der Waals surface area contributed by atoms with Crippen LogP contribution in [0.4, 0.5) is 0 Å². The molecule has 2 rings (SSSR count). The minimum atomic E-state index is 0.223. The quantitative estimate of drug-likeness (QED) is 0.729. The van der Waals surface area contributed by atoms with Gasteiger partial charge in [0.25, 0.3) is 0 Å². The minimum Gasteiger partial charge on any atom is -0.395 e.